The predicted molar refractivity (Wildman–Crippen MR) is 116 cm³/mol. The molecule has 1 saturated heterocycles. The number of para-hydroxylation sites is 1. The van der Waals surface area contributed by atoms with Crippen molar-refractivity contribution in [2.45, 2.75) is 39.3 Å². The number of likely N-dealkylation sites (tertiary alicyclic amines) is 1. The molecule has 0 spiro atoms. The molecule has 0 atom stereocenters. The molecular weight excluding hydrogens is 364 g/mol. The van der Waals surface area contributed by atoms with Gasteiger partial charge in [-0.3, -0.25) is 4.90 Å². The van der Waals surface area contributed by atoms with Crippen molar-refractivity contribution < 1.29 is 5.11 Å². The van der Waals surface area contributed by atoms with Crippen LogP contribution in [0, 0.1) is 13.8 Å². The fourth-order valence-electron chi connectivity index (χ4n) is 4.03. The summed E-state index contributed by atoms with van der Waals surface area (Å²) in [7, 11) is 1.88. The number of rotatable bonds is 5. The molecule has 1 aliphatic rings. The molecule has 1 aromatic carbocycles. The van der Waals surface area contributed by atoms with Gasteiger partial charge in [-0.2, -0.15) is 9.97 Å². The van der Waals surface area contributed by atoms with Crippen LogP contribution in [0.1, 0.15) is 29.7 Å². The lowest BCUT2D eigenvalue weighted by Gasteiger charge is -2.32. The number of aryl methyl sites for hydroxylation is 2. The summed E-state index contributed by atoms with van der Waals surface area (Å²) in [6.45, 7) is 6.76. The minimum atomic E-state index is 0.323. The largest absolute Gasteiger partial charge is 0.508 e. The number of phenols is 1. The number of aromatic hydroxyl groups is 1. The van der Waals surface area contributed by atoms with Gasteiger partial charge in [0, 0.05) is 44.0 Å². The lowest BCUT2D eigenvalue weighted by Crippen LogP contribution is -2.39. The zero-order valence-electron chi connectivity index (χ0n) is 17.2. The summed E-state index contributed by atoms with van der Waals surface area (Å²) in [5, 5.41) is 17.7. The Morgan fingerprint density at radius 2 is 1.86 bits per heavy atom. The van der Waals surface area contributed by atoms with E-state index < -0.39 is 0 Å². The van der Waals surface area contributed by atoms with Crippen LogP contribution in [0.25, 0.3) is 11.0 Å². The molecule has 0 unspecified atom stereocenters. The number of anilines is 2. The smallest absolute Gasteiger partial charge is 0.226 e. The molecule has 152 valence electrons. The minimum Gasteiger partial charge on any atom is -0.508 e. The second-order valence-electron chi connectivity index (χ2n) is 7.75. The first-order valence-corrected chi connectivity index (χ1v) is 10.1. The van der Waals surface area contributed by atoms with E-state index in [2.05, 4.69) is 43.5 Å². The van der Waals surface area contributed by atoms with E-state index in [1.165, 1.54) is 0 Å². The Balaban J connectivity index is 1.44. The van der Waals surface area contributed by atoms with Crippen LogP contribution < -0.4 is 10.6 Å². The lowest BCUT2D eigenvalue weighted by atomic mass is 10.0. The highest BCUT2D eigenvalue weighted by molar-refractivity contribution is 5.90. The molecule has 0 radical (unpaired) electrons. The molecule has 0 amide bonds. The first-order valence-electron chi connectivity index (χ1n) is 10.1. The van der Waals surface area contributed by atoms with Crippen molar-refractivity contribution in [2.24, 2.45) is 0 Å². The Morgan fingerprint density at radius 1 is 1.10 bits per heavy atom. The number of benzene rings is 1. The van der Waals surface area contributed by atoms with Crippen LogP contribution in [0.15, 0.2) is 30.3 Å². The van der Waals surface area contributed by atoms with Crippen molar-refractivity contribution in [3.8, 4) is 5.75 Å². The number of phenolic OH excluding ortho intramolecular Hbond substituents is 1. The van der Waals surface area contributed by atoms with Crippen molar-refractivity contribution in [1.82, 2.24) is 19.9 Å². The second kappa shape index (κ2) is 8.21. The molecule has 1 aliphatic heterocycles. The number of piperidine rings is 1. The average molecular weight is 393 g/mol. The summed E-state index contributed by atoms with van der Waals surface area (Å²) in [6.07, 6.45) is 2.01. The normalized spacial score (nSPS) is 15.6. The Kier molecular flexibility index (Phi) is 5.49. The number of fused-ring (bicyclic) bond motifs is 1. The second-order valence-corrected chi connectivity index (χ2v) is 7.75. The number of nitrogens with zero attached hydrogens (tertiary/aromatic N) is 4. The maximum atomic E-state index is 10.00. The summed E-state index contributed by atoms with van der Waals surface area (Å²) in [5.74, 6) is 1.80. The van der Waals surface area contributed by atoms with Crippen LogP contribution in [0.2, 0.25) is 0 Å². The van der Waals surface area contributed by atoms with Crippen molar-refractivity contribution >= 4 is 22.8 Å². The van der Waals surface area contributed by atoms with Gasteiger partial charge in [0.1, 0.15) is 11.6 Å². The topological polar surface area (TPSA) is 86.2 Å². The molecule has 0 saturated carbocycles. The molecule has 3 N–H and O–H groups in total. The molecule has 3 heterocycles. The molecule has 2 aromatic heterocycles. The molecule has 7 heteroatoms. The molecule has 4 rings (SSSR count). The van der Waals surface area contributed by atoms with E-state index in [-0.39, 0.29) is 0 Å². The molecule has 1 fully saturated rings. The number of pyridine rings is 1. The third kappa shape index (κ3) is 4.24. The maximum absolute atomic E-state index is 10.00. The van der Waals surface area contributed by atoms with Crippen LogP contribution in [-0.2, 0) is 6.54 Å². The van der Waals surface area contributed by atoms with Gasteiger partial charge in [0.2, 0.25) is 5.95 Å². The summed E-state index contributed by atoms with van der Waals surface area (Å²) < 4.78 is 0. The van der Waals surface area contributed by atoms with E-state index in [9.17, 15) is 5.11 Å². The summed E-state index contributed by atoms with van der Waals surface area (Å²) in [4.78, 5) is 16.3. The van der Waals surface area contributed by atoms with Crippen molar-refractivity contribution in [3.63, 3.8) is 0 Å². The number of nitrogens with one attached hydrogen (secondary N) is 2. The van der Waals surface area contributed by atoms with Crippen molar-refractivity contribution in [3.05, 3.63) is 47.2 Å². The van der Waals surface area contributed by atoms with E-state index in [1.807, 2.05) is 32.2 Å². The average Bonchev–Trinajstić information content (AvgIpc) is 2.70. The van der Waals surface area contributed by atoms with Crippen LogP contribution >= 0.6 is 0 Å². The highest BCUT2D eigenvalue weighted by Crippen LogP contribution is 2.26. The number of hydrogen-bond acceptors (Lipinski definition) is 7. The van der Waals surface area contributed by atoms with E-state index in [0.29, 0.717) is 17.7 Å². The van der Waals surface area contributed by atoms with Crippen LogP contribution in [0.4, 0.5) is 11.8 Å². The molecular formula is C22H28N6O. The Morgan fingerprint density at radius 3 is 2.59 bits per heavy atom. The molecule has 29 heavy (non-hydrogen) atoms. The van der Waals surface area contributed by atoms with Crippen LogP contribution in [0.3, 0.4) is 0 Å². The van der Waals surface area contributed by atoms with E-state index >= 15 is 0 Å². The number of aromatic nitrogens is 3. The van der Waals surface area contributed by atoms with Crippen LogP contribution in [0.5, 0.6) is 5.75 Å². The zero-order chi connectivity index (χ0) is 20.4. The quantitative estimate of drug-likeness (QED) is 0.613. The van der Waals surface area contributed by atoms with E-state index in [4.69, 9.17) is 0 Å². The van der Waals surface area contributed by atoms with Gasteiger partial charge >= 0.3 is 0 Å². The zero-order valence-corrected chi connectivity index (χ0v) is 17.2. The molecule has 7 nitrogen and oxygen atoms in total. The molecule has 0 bridgehead atoms. The third-order valence-corrected chi connectivity index (χ3v) is 5.54. The maximum Gasteiger partial charge on any atom is 0.226 e. The Labute approximate surface area is 171 Å². The molecule has 0 aliphatic carbocycles. The standard InChI is InChI=1S/C22H28N6O/c1-14-12-15(2)24-21-19(14)20(23-3)26-22(27-21)25-17-8-10-28(11-9-17)13-16-6-4-5-7-18(16)29/h4-7,12,17,29H,8-11,13H2,1-3H3,(H2,23,24,25,26,27). The first-order chi connectivity index (χ1) is 14.0. The van der Waals surface area contributed by atoms with Gasteiger partial charge in [-0.05, 0) is 44.4 Å². The van der Waals surface area contributed by atoms with Gasteiger partial charge in [0.25, 0.3) is 0 Å². The highest BCUT2D eigenvalue weighted by Gasteiger charge is 2.21. The third-order valence-electron chi connectivity index (χ3n) is 5.54. The van der Waals surface area contributed by atoms with Gasteiger partial charge in [-0.1, -0.05) is 18.2 Å². The van der Waals surface area contributed by atoms with Gasteiger partial charge in [-0.15, -0.1) is 0 Å². The van der Waals surface area contributed by atoms with Crippen molar-refractivity contribution in [1.29, 1.82) is 0 Å². The fraction of sp³-hybridized carbons (Fsp3) is 0.409. The monoisotopic (exact) mass is 392 g/mol. The predicted octanol–water partition coefficient (Wildman–Crippen LogP) is 3.47. The van der Waals surface area contributed by atoms with Gasteiger partial charge in [-0.25, -0.2) is 4.98 Å². The highest BCUT2D eigenvalue weighted by atomic mass is 16.3. The van der Waals surface area contributed by atoms with Gasteiger partial charge < -0.3 is 15.7 Å². The minimum absolute atomic E-state index is 0.323. The fourth-order valence-corrected chi connectivity index (χ4v) is 4.03. The summed E-state index contributed by atoms with van der Waals surface area (Å²) >= 11 is 0. The Hall–Kier alpha value is -2.93. The van der Waals surface area contributed by atoms with Gasteiger partial charge in [0.05, 0.1) is 5.39 Å². The number of hydrogen-bond donors (Lipinski definition) is 3. The molecule has 3 aromatic rings. The van der Waals surface area contributed by atoms with Crippen LogP contribution in [-0.4, -0.2) is 51.1 Å². The summed E-state index contributed by atoms with van der Waals surface area (Å²) in [6, 6.07) is 9.94. The SMILES string of the molecule is CNc1nc(NC2CCN(Cc3ccccc3O)CC2)nc2nc(C)cc(C)c12. The Bertz CT molecular complexity index is 1010. The van der Waals surface area contributed by atoms with E-state index in [0.717, 1.165) is 66.1 Å². The lowest BCUT2D eigenvalue weighted by molar-refractivity contribution is 0.209. The first kappa shape index (κ1) is 19.4. The van der Waals surface area contributed by atoms with Crippen molar-refractivity contribution in [2.75, 3.05) is 30.8 Å². The van der Waals surface area contributed by atoms with Gasteiger partial charge in [0.15, 0.2) is 5.65 Å². The van der Waals surface area contributed by atoms with E-state index in [1.54, 1.807) is 6.07 Å². The summed E-state index contributed by atoms with van der Waals surface area (Å²) in [5.41, 5.74) is 3.79.